The summed E-state index contributed by atoms with van der Waals surface area (Å²) < 4.78 is 0. The van der Waals surface area contributed by atoms with Crippen LogP contribution in [0.1, 0.15) is 34.1 Å². The number of aliphatic hydroxyl groups is 3. The van der Waals surface area contributed by atoms with Gasteiger partial charge in [0.15, 0.2) is 0 Å². The molecule has 2 atom stereocenters. The first-order valence-electron chi connectivity index (χ1n) is 6.11. The van der Waals surface area contributed by atoms with Gasteiger partial charge in [0.2, 0.25) is 0 Å². The first-order chi connectivity index (χ1) is 7.51. The summed E-state index contributed by atoms with van der Waals surface area (Å²) in [6, 6.07) is 0. The SMILES string of the molecule is CC(C)[C@H](C)C(O)CNCCO.CCCO. The molecule has 0 saturated carbocycles. The average Bonchev–Trinajstić information content (AvgIpc) is 2.28. The summed E-state index contributed by atoms with van der Waals surface area (Å²) in [4.78, 5) is 0. The zero-order valence-corrected chi connectivity index (χ0v) is 11.1. The fraction of sp³-hybridized carbons (Fsp3) is 1.00. The molecule has 0 aromatic carbocycles. The van der Waals surface area contributed by atoms with Crippen molar-refractivity contribution in [1.29, 1.82) is 0 Å². The molecule has 0 fully saturated rings. The average molecular weight is 235 g/mol. The van der Waals surface area contributed by atoms with Crippen LogP contribution in [0.5, 0.6) is 0 Å². The Morgan fingerprint density at radius 2 is 1.56 bits per heavy atom. The number of hydrogen-bond acceptors (Lipinski definition) is 4. The van der Waals surface area contributed by atoms with Crippen LogP contribution in [0, 0.1) is 11.8 Å². The van der Waals surface area contributed by atoms with Crippen LogP contribution in [0.3, 0.4) is 0 Å². The highest BCUT2D eigenvalue weighted by Crippen LogP contribution is 2.13. The van der Waals surface area contributed by atoms with Crippen molar-refractivity contribution < 1.29 is 15.3 Å². The van der Waals surface area contributed by atoms with Crippen LogP contribution in [-0.2, 0) is 0 Å². The minimum atomic E-state index is -0.309. The molecule has 100 valence electrons. The molecule has 0 aliphatic heterocycles. The predicted octanol–water partition coefficient (Wildman–Crippen LogP) is 0.610. The molecule has 0 radical (unpaired) electrons. The summed E-state index contributed by atoms with van der Waals surface area (Å²) in [5.74, 6) is 0.798. The van der Waals surface area contributed by atoms with Crippen molar-refractivity contribution in [2.45, 2.75) is 40.2 Å². The van der Waals surface area contributed by atoms with Gasteiger partial charge in [0, 0.05) is 19.7 Å². The second kappa shape index (κ2) is 12.9. The van der Waals surface area contributed by atoms with Gasteiger partial charge in [-0.05, 0) is 18.3 Å². The van der Waals surface area contributed by atoms with Gasteiger partial charge in [0.05, 0.1) is 12.7 Å². The van der Waals surface area contributed by atoms with Crippen LogP contribution in [0.25, 0.3) is 0 Å². The minimum absolute atomic E-state index is 0.128. The van der Waals surface area contributed by atoms with E-state index in [9.17, 15) is 5.11 Å². The van der Waals surface area contributed by atoms with Crippen molar-refractivity contribution in [3.63, 3.8) is 0 Å². The van der Waals surface area contributed by atoms with Gasteiger partial charge in [-0.2, -0.15) is 0 Å². The molecule has 4 heteroatoms. The van der Waals surface area contributed by atoms with Crippen LogP contribution in [0.2, 0.25) is 0 Å². The van der Waals surface area contributed by atoms with Gasteiger partial charge in [0.25, 0.3) is 0 Å². The van der Waals surface area contributed by atoms with Crippen LogP contribution in [0.15, 0.2) is 0 Å². The number of rotatable bonds is 7. The van der Waals surface area contributed by atoms with Crippen molar-refractivity contribution in [1.82, 2.24) is 5.32 Å². The van der Waals surface area contributed by atoms with Gasteiger partial charge in [-0.15, -0.1) is 0 Å². The molecule has 0 aromatic rings. The fourth-order valence-electron chi connectivity index (χ4n) is 0.959. The molecule has 0 heterocycles. The lowest BCUT2D eigenvalue weighted by Gasteiger charge is -2.22. The van der Waals surface area contributed by atoms with E-state index in [0.717, 1.165) is 6.42 Å². The Labute approximate surface area is 99.7 Å². The number of nitrogens with one attached hydrogen (secondary N) is 1. The lowest BCUT2D eigenvalue weighted by molar-refractivity contribution is 0.0898. The van der Waals surface area contributed by atoms with Gasteiger partial charge in [-0.3, -0.25) is 0 Å². The Balaban J connectivity index is 0. The molecule has 0 bridgehead atoms. The third-order valence-corrected chi connectivity index (χ3v) is 2.52. The van der Waals surface area contributed by atoms with Crippen molar-refractivity contribution in [3.05, 3.63) is 0 Å². The van der Waals surface area contributed by atoms with Gasteiger partial charge in [0.1, 0.15) is 0 Å². The van der Waals surface area contributed by atoms with Crippen LogP contribution >= 0.6 is 0 Å². The highest BCUT2D eigenvalue weighted by Gasteiger charge is 2.16. The van der Waals surface area contributed by atoms with Crippen molar-refractivity contribution in [3.8, 4) is 0 Å². The molecule has 1 unspecified atom stereocenters. The van der Waals surface area contributed by atoms with Crippen LogP contribution < -0.4 is 5.32 Å². The van der Waals surface area contributed by atoms with Crippen molar-refractivity contribution in [2.24, 2.45) is 11.8 Å². The minimum Gasteiger partial charge on any atom is -0.396 e. The van der Waals surface area contributed by atoms with Crippen LogP contribution in [-0.4, -0.2) is 47.7 Å². The van der Waals surface area contributed by atoms with Crippen molar-refractivity contribution >= 4 is 0 Å². The van der Waals surface area contributed by atoms with E-state index in [1.807, 2.05) is 13.8 Å². The van der Waals surface area contributed by atoms with E-state index >= 15 is 0 Å². The maximum absolute atomic E-state index is 9.57. The van der Waals surface area contributed by atoms with Gasteiger partial charge in [-0.1, -0.05) is 27.7 Å². The monoisotopic (exact) mass is 235 g/mol. The second-order valence-electron chi connectivity index (χ2n) is 4.32. The molecule has 0 amide bonds. The van der Waals surface area contributed by atoms with E-state index in [0.29, 0.717) is 31.5 Å². The van der Waals surface area contributed by atoms with Gasteiger partial charge >= 0.3 is 0 Å². The molecule has 0 rings (SSSR count). The molecule has 0 aliphatic rings. The summed E-state index contributed by atoms with van der Waals surface area (Å²) in [7, 11) is 0. The normalized spacial score (nSPS) is 14.2. The molecule has 16 heavy (non-hydrogen) atoms. The highest BCUT2D eigenvalue weighted by atomic mass is 16.3. The topological polar surface area (TPSA) is 72.7 Å². The Bertz CT molecular complexity index is 129. The summed E-state index contributed by atoms with van der Waals surface area (Å²) >= 11 is 0. The molecule has 0 aromatic heterocycles. The van der Waals surface area contributed by atoms with Crippen LogP contribution in [0.4, 0.5) is 0 Å². The zero-order valence-electron chi connectivity index (χ0n) is 11.1. The van der Waals surface area contributed by atoms with E-state index in [4.69, 9.17) is 10.2 Å². The summed E-state index contributed by atoms with van der Waals surface area (Å²) in [5.41, 5.74) is 0. The summed E-state index contributed by atoms with van der Waals surface area (Å²) in [5, 5.41) is 28.9. The van der Waals surface area contributed by atoms with E-state index in [1.54, 1.807) is 0 Å². The molecular formula is C12H29NO3. The molecule has 0 aliphatic carbocycles. The first-order valence-corrected chi connectivity index (χ1v) is 6.11. The Kier molecular flexibility index (Phi) is 14.7. The third-order valence-electron chi connectivity index (χ3n) is 2.52. The summed E-state index contributed by atoms with van der Waals surface area (Å²) in [6.45, 7) is 9.74. The molecule has 4 nitrogen and oxygen atoms in total. The molecule has 0 spiro atoms. The lowest BCUT2D eigenvalue weighted by atomic mass is 9.92. The zero-order chi connectivity index (χ0) is 13.0. The molecular weight excluding hydrogens is 206 g/mol. The maximum atomic E-state index is 9.57. The van der Waals surface area contributed by atoms with E-state index in [-0.39, 0.29) is 12.7 Å². The second-order valence-corrected chi connectivity index (χ2v) is 4.32. The standard InChI is InChI=1S/C9H21NO2.C3H8O/c1-7(2)8(3)9(12)6-10-4-5-11;1-2-3-4/h7-12H,4-6H2,1-3H3;4H,2-3H2,1H3/t8-,9?;/m0./s1. The van der Waals surface area contributed by atoms with Gasteiger partial charge in [-0.25, -0.2) is 0 Å². The van der Waals surface area contributed by atoms with E-state index < -0.39 is 0 Å². The highest BCUT2D eigenvalue weighted by molar-refractivity contribution is 4.69. The third kappa shape index (κ3) is 11.9. The van der Waals surface area contributed by atoms with Gasteiger partial charge < -0.3 is 20.6 Å². The number of hydrogen-bond donors (Lipinski definition) is 4. The fourth-order valence-corrected chi connectivity index (χ4v) is 0.959. The number of aliphatic hydroxyl groups excluding tert-OH is 3. The maximum Gasteiger partial charge on any atom is 0.0692 e. The van der Waals surface area contributed by atoms with E-state index in [2.05, 4.69) is 19.2 Å². The smallest absolute Gasteiger partial charge is 0.0692 e. The Morgan fingerprint density at radius 3 is 1.88 bits per heavy atom. The first kappa shape index (κ1) is 18.2. The molecule has 4 N–H and O–H groups in total. The lowest BCUT2D eigenvalue weighted by Crippen LogP contribution is -2.35. The molecule has 0 saturated heterocycles. The Morgan fingerprint density at radius 1 is 1.06 bits per heavy atom. The van der Waals surface area contributed by atoms with Crippen molar-refractivity contribution in [2.75, 3.05) is 26.3 Å². The summed E-state index contributed by atoms with van der Waals surface area (Å²) in [6.07, 6.45) is 0.566. The van der Waals surface area contributed by atoms with E-state index in [1.165, 1.54) is 0 Å². The largest absolute Gasteiger partial charge is 0.396 e. The predicted molar refractivity (Wildman–Crippen MR) is 67.3 cm³/mol. The quantitative estimate of drug-likeness (QED) is 0.488. The Hall–Kier alpha value is -0.160.